The Kier molecular flexibility index (Phi) is 6.92. The number of nitrogens with one attached hydrogen (secondary N) is 1. The van der Waals surface area contributed by atoms with Gasteiger partial charge in [-0.25, -0.2) is 4.98 Å². The Morgan fingerprint density at radius 3 is 2.50 bits per heavy atom. The van der Waals surface area contributed by atoms with Crippen molar-refractivity contribution in [3.63, 3.8) is 0 Å². The van der Waals surface area contributed by atoms with Gasteiger partial charge in [-0.2, -0.15) is 0 Å². The molecule has 1 N–H and O–H groups in total. The fourth-order valence-corrected chi connectivity index (χ4v) is 3.54. The maximum absolute atomic E-state index is 12.2. The Morgan fingerprint density at radius 2 is 1.79 bits per heavy atom. The molecule has 5 nitrogen and oxygen atoms in total. The Balaban J connectivity index is 1.42. The molecule has 0 atom stereocenters. The summed E-state index contributed by atoms with van der Waals surface area (Å²) < 4.78 is 5.08. The molecule has 1 aromatic heterocycles. The van der Waals surface area contributed by atoms with E-state index in [4.69, 9.17) is 4.74 Å². The summed E-state index contributed by atoms with van der Waals surface area (Å²) in [7, 11) is 1.58. The fourth-order valence-electron chi connectivity index (χ4n) is 2.71. The van der Waals surface area contributed by atoms with Gasteiger partial charge >= 0.3 is 0 Å². The van der Waals surface area contributed by atoms with Crippen LogP contribution in [0.1, 0.15) is 39.5 Å². The lowest BCUT2D eigenvalue weighted by atomic mass is 10.1. The van der Waals surface area contributed by atoms with Crippen LogP contribution in [0.25, 0.3) is 0 Å². The standard InChI is InChI=1S/C22H22N2O3S/c1-27-19-9-7-17(8-10-19)20(25)11-12-21(26)23-14-18-15-28-22(24-18)13-16-5-3-2-4-6-16/h2-10,15H,11-14H2,1H3,(H,23,26). The molecule has 1 amide bonds. The van der Waals surface area contributed by atoms with Crippen LogP contribution in [0.3, 0.4) is 0 Å². The second-order valence-corrected chi connectivity index (χ2v) is 7.27. The van der Waals surface area contributed by atoms with Crippen molar-refractivity contribution in [3.8, 4) is 5.75 Å². The number of benzene rings is 2. The predicted molar refractivity (Wildman–Crippen MR) is 110 cm³/mol. The minimum atomic E-state index is -0.153. The van der Waals surface area contributed by atoms with Gasteiger partial charge in [0.25, 0.3) is 0 Å². The second kappa shape index (κ2) is 9.80. The van der Waals surface area contributed by atoms with Crippen LogP contribution in [0.5, 0.6) is 5.75 Å². The van der Waals surface area contributed by atoms with Crippen LogP contribution in [-0.2, 0) is 17.8 Å². The van der Waals surface area contributed by atoms with Crippen molar-refractivity contribution in [1.82, 2.24) is 10.3 Å². The van der Waals surface area contributed by atoms with Crippen LogP contribution < -0.4 is 10.1 Å². The van der Waals surface area contributed by atoms with Gasteiger partial charge in [-0.3, -0.25) is 9.59 Å². The summed E-state index contributed by atoms with van der Waals surface area (Å²) in [6.45, 7) is 0.376. The first kappa shape index (κ1) is 19.8. The van der Waals surface area contributed by atoms with Crippen LogP contribution in [0.2, 0.25) is 0 Å². The molecule has 0 saturated heterocycles. The zero-order valence-electron chi connectivity index (χ0n) is 15.7. The van der Waals surface area contributed by atoms with Crippen molar-refractivity contribution in [3.05, 3.63) is 81.8 Å². The summed E-state index contributed by atoms with van der Waals surface area (Å²) >= 11 is 1.59. The van der Waals surface area contributed by atoms with Gasteiger partial charge < -0.3 is 10.1 Å². The summed E-state index contributed by atoms with van der Waals surface area (Å²) in [6, 6.07) is 17.1. The van der Waals surface area contributed by atoms with Crippen molar-refractivity contribution in [2.24, 2.45) is 0 Å². The number of nitrogens with zero attached hydrogens (tertiary/aromatic N) is 1. The Bertz CT molecular complexity index is 920. The predicted octanol–water partition coefficient (Wildman–Crippen LogP) is 4.02. The van der Waals surface area contributed by atoms with Crippen LogP contribution in [-0.4, -0.2) is 23.8 Å². The Labute approximate surface area is 168 Å². The van der Waals surface area contributed by atoms with E-state index in [1.165, 1.54) is 5.56 Å². The topological polar surface area (TPSA) is 68.3 Å². The number of amides is 1. The third kappa shape index (κ3) is 5.76. The van der Waals surface area contributed by atoms with E-state index in [-0.39, 0.29) is 24.5 Å². The van der Waals surface area contributed by atoms with Crippen molar-refractivity contribution in [1.29, 1.82) is 0 Å². The molecule has 0 aliphatic heterocycles. The molecule has 0 radical (unpaired) electrons. The summed E-state index contributed by atoms with van der Waals surface area (Å²) in [6.07, 6.45) is 1.12. The Hall–Kier alpha value is -2.99. The van der Waals surface area contributed by atoms with Gasteiger partial charge in [0.15, 0.2) is 5.78 Å². The number of Topliss-reactive ketones (excluding diaryl/α,β-unsaturated/α-hetero) is 1. The molecular weight excluding hydrogens is 372 g/mol. The second-order valence-electron chi connectivity index (χ2n) is 6.32. The molecule has 0 aliphatic carbocycles. The molecule has 0 saturated carbocycles. The van der Waals surface area contributed by atoms with Gasteiger partial charge in [-0.1, -0.05) is 30.3 Å². The first-order valence-corrected chi connectivity index (χ1v) is 9.93. The van der Waals surface area contributed by atoms with Gasteiger partial charge in [0.2, 0.25) is 5.91 Å². The molecular formula is C22H22N2O3S. The van der Waals surface area contributed by atoms with E-state index in [2.05, 4.69) is 22.4 Å². The van der Waals surface area contributed by atoms with Crippen LogP contribution in [0, 0.1) is 0 Å². The third-order valence-electron chi connectivity index (χ3n) is 4.26. The third-order valence-corrected chi connectivity index (χ3v) is 5.15. The lowest BCUT2D eigenvalue weighted by molar-refractivity contribution is -0.121. The van der Waals surface area contributed by atoms with Gasteiger partial charge in [-0.15, -0.1) is 11.3 Å². The zero-order chi connectivity index (χ0) is 19.8. The van der Waals surface area contributed by atoms with Crippen LogP contribution in [0.4, 0.5) is 0 Å². The highest BCUT2D eigenvalue weighted by Crippen LogP contribution is 2.15. The van der Waals surface area contributed by atoms with E-state index in [0.29, 0.717) is 17.9 Å². The Morgan fingerprint density at radius 1 is 1.04 bits per heavy atom. The summed E-state index contributed by atoms with van der Waals surface area (Å²) in [5.41, 5.74) is 2.63. The summed E-state index contributed by atoms with van der Waals surface area (Å²) in [5, 5.41) is 5.81. The lowest BCUT2D eigenvalue weighted by Gasteiger charge is -2.04. The minimum absolute atomic E-state index is 0.0587. The lowest BCUT2D eigenvalue weighted by Crippen LogP contribution is -2.23. The molecule has 0 aliphatic rings. The van der Waals surface area contributed by atoms with E-state index in [1.54, 1.807) is 42.7 Å². The molecule has 28 heavy (non-hydrogen) atoms. The number of methoxy groups -OCH3 is 1. The molecule has 1 heterocycles. The number of carbonyl (C=O) groups excluding carboxylic acids is 2. The molecule has 0 bridgehead atoms. The smallest absolute Gasteiger partial charge is 0.220 e. The number of thiazole rings is 1. The highest BCUT2D eigenvalue weighted by molar-refractivity contribution is 7.09. The summed E-state index contributed by atoms with van der Waals surface area (Å²) in [4.78, 5) is 28.8. The normalized spacial score (nSPS) is 10.5. The molecule has 0 fully saturated rings. The molecule has 3 rings (SSSR count). The van der Waals surface area contributed by atoms with E-state index in [1.807, 2.05) is 23.6 Å². The van der Waals surface area contributed by atoms with E-state index >= 15 is 0 Å². The number of ether oxygens (including phenoxy) is 1. The van der Waals surface area contributed by atoms with Gasteiger partial charge in [0.05, 0.1) is 24.4 Å². The van der Waals surface area contributed by atoms with E-state index in [9.17, 15) is 9.59 Å². The first-order chi connectivity index (χ1) is 13.6. The SMILES string of the molecule is COc1ccc(C(=O)CCC(=O)NCc2csc(Cc3ccccc3)n2)cc1. The molecule has 144 valence electrons. The molecule has 0 spiro atoms. The average Bonchev–Trinajstić information content (AvgIpc) is 3.18. The highest BCUT2D eigenvalue weighted by Gasteiger charge is 2.10. The first-order valence-electron chi connectivity index (χ1n) is 9.05. The average molecular weight is 394 g/mol. The number of rotatable bonds is 9. The van der Waals surface area contributed by atoms with Crippen LogP contribution >= 0.6 is 11.3 Å². The van der Waals surface area contributed by atoms with Gasteiger partial charge in [0, 0.05) is 30.2 Å². The van der Waals surface area contributed by atoms with Gasteiger partial charge in [0.1, 0.15) is 5.75 Å². The monoisotopic (exact) mass is 394 g/mol. The molecule has 3 aromatic rings. The van der Waals surface area contributed by atoms with Crippen molar-refractivity contribution in [2.45, 2.75) is 25.8 Å². The van der Waals surface area contributed by atoms with Gasteiger partial charge in [-0.05, 0) is 29.8 Å². The molecule has 6 heteroatoms. The number of hydrogen-bond donors (Lipinski definition) is 1. The van der Waals surface area contributed by atoms with Crippen molar-refractivity contribution < 1.29 is 14.3 Å². The maximum Gasteiger partial charge on any atom is 0.220 e. The van der Waals surface area contributed by atoms with E-state index < -0.39 is 0 Å². The van der Waals surface area contributed by atoms with E-state index in [0.717, 1.165) is 17.1 Å². The quantitative estimate of drug-likeness (QED) is 0.557. The highest BCUT2D eigenvalue weighted by atomic mass is 32.1. The largest absolute Gasteiger partial charge is 0.497 e. The minimum Gasteiger partial charge on any atom is -0.497 e. The zero-order valence-corrected chi connectivity index (χ0v) is 16.5. The molecule has 0 unspecified atom stereocenters. The van der Waals surface area contributed by atoms with Crippen molar-refractivity contribution >= 4 is 23.0 Å². The summed E-state index contributed by atoms with van der Waals surface area (Å²) in [5.74, 6) is 0.486. The number of hydrogen-bond acceptors (Lipinski definition) is 5. The number of carbonyl (C=O) groups is 2. The van der Waals surface area contributed by atoms with Crippen LogP contribution in [0.15, 0.2) is 60.0 Å². The number of ketones is 1. The number of aromatic nitrogens is 1. The fraction of sp³-hybridized carbons (Fsp3) is 0.227. The van der Waals surface area contributed by atoms with Crippen molar-refractivity contribution in [2.75, 3.05) is 7.11 Å². The maximum atomic E-state index is 12.2. The molecule has 2 aromatic carbocycles.